The van der Waals surface area contributed by atoms with Crippen molar-refractivity contribution in [3.05, 3.63) is 142 Å². The summed E-state index contributed by atoms with van der Waals surface area (Å²) in [6.45, 7) is 17.6. The summed E-state index contributed by atoms with van der Waals surface area (Å²) in [5, 5.41) is 10.7. The molecule has 0 spiro atoms. The van der Waals surface area contributed by atoms with Gasteiger partial charge in [0, 0.05) is 36.2 Å². The molecule has 28 nitrogen and oxygen atoms in total. The molecule has 4 saturated heterocycles. The molecule has 8 atom stereocenters. The van der Waals surface area contributed by atoms with Gasteiger partial charge < -0.3 is 79.8 Å². The number of ether oxygens (including phenoxy) is 4. The quantitative estimate of drug-likeness (QED) is 0.0292. The first-order chi connectivity index (χ1) is 52.3. The van der Waals surface area contributed by atoms with Gasteiger partial charge in [-0.2, -0.15) is 0 Å². The number of carbonyl (C=O) groups is 8. The molecule has 0 bridgehead atoms. The van der Waals surface area contributed by atoms with Crippen LogP contribution in [0.25, 0.3) is 44.3 Å². The molecular weight excluding hydrogens is 1460 g/mol. The van der Waals surface area contributed by atoms with Crippen molar-refractivity contribution in [1.82, 2.24) is 80.7 Å². The number of hydrogen-bond donors (Lipinski definition) is 8. The third-order valence-electron chi connectivity index (χ3n) is 20.1. The Kier molecular flexibility index (Phi) is 27.0. The molecule has 8 aromatic rings. The number of fused-ring (bicyclic) bond motifs is 2. The number of carbonyl (C=O) groups excluding carboxylic acids is 8. The summed E-state index contributed by atoms with van der Waals surface area (Å²) in [4.78, 5) is 139. The molecule has 12 rings (SSSR count). The molecule has 8 heterocycles. The number of imidazole rings is 4. The van der Waals surface area contributed by atoms with Crippen LogP contribution < -0.4 is 21.3 Å². The second kappa shape index (κ2) is 36.6. The first-order valence-corrected chi connectivity index (χ1v) is 37.6. The number of terminal acetylenes is 1. The topological polar surface area (TPSA) is 349 Å². The number of aromatic amines is 4. The third-order valence-corrected chi connectivity index (χ3v) is 20.6. The Labute approximate surface area is 642 Å². The maximum Gasteiger partial charge on any atom is 0.407 e. The van der Waals surface area contributed by atoms with Gasteiger partial charge in [-0.1, -0.05) is 120 Å². The number of H-pyrrole nitrogens is 4. The molecule has 8 amide bonds. The predicted molar refractivity (Wildman–Crippen MR) is 413 cm³/mol. The fraction of sp³-hybridized carbons (Fsp3) is 0.450. The highest BCUT2D eigenvalue weighted by Gasteiger charge is 2.42. The second-order valence-corrected chi connectivity index (χ2v) is 29.7. The van der Waals surface area contributed by atoms with Gasteiger partial charge in [0.1, 0.15) is 58.9 Å². The van der Waals surface area contributed by atoms with E-state index in [4.69, 9.17) is 30.6 Å². The number of alkyl carbamates (subject to hydrolysis) is 4. The lowest BCUT2D eigenvalue weighted by atomic mass is 10.0. The van der Waals surface area contributed by atoms with Crippen molar-refractivity contribution >= 4 is 86.0 Å². The van der Waals surface area contributed by atoms with Crippen LogP contribution in [-0.4, -0.2) is 186 Å². The molecule has 4 aromatic carbocycles. The Morgan fingerprint density at radius 3 is 1.06 bits per heavy atom. The van der Waals surface area contributed by atoms with E-state index in [0.717, 1.165) is 117 Å². The van der Waals surface area contributed by atoms with E-state index in [-0.39, 0.29) is 71.5 Å². The van der Waals surface area contributed by atoms with Crippen molar-refractivity contribution in [2.24, 2.45) is 23.7 Å². The van der Waals surface area contributed by atoms with E-state index >= 15 is 0 Å². The molecular formula is C80H97BrN16O12. The van der Waals surface area contributed by atoms with E-state index in [1.807, 2.05) is 120 Å². The van der Waals surface area contributed by atoms with Gasteiger partial charge in [0.25, 0.3) is 0 Å². The Bertz CT molecular complexity index is 4660. The van der Waals surface area contributed by atoms with E-state index in [2.05, 4.69) is 120 Å². The normalized spacial score (nSPS) is 17.8. The monoisotopic (exact) mass is 1550 g/mol. The SMILES string of the molecule is C#Cc1cnc([C@@H]2CCCN2C(=O)[C@@H](NC(=O)OC)C(C)C)[nH]1.COC(=O)N[C@H](C(=O)N1CCC[C@H]1c1nc2ccc(-c3ccc(Br)cc3)cc2[nH]1)C(C)C.COC(=O)N[C@H](C(=O)N1CCC[C@H]1c1ncc(C#Cc2ccc(-c3ccc4nc([C@@H]5CCCN5C(=O)[C@@H](NC(=O)OC)C(C)C)[nH]c4c3)cc2)[nH]1)C(C)C. The summed E-state index contributed by atoms with van der Waals surface area (Å²) < 4.78 is 19.8. The van der Waals surface area contributed by atoms with Crippen LogP contribution in [0.4, 0.5) is 19.2 Å². The molecule has 4 aromatic heterocycles. The fourth-order valence-corrected chi connectivity index (χ4v) is 14.4. The highest BCUT2D eigenvalue weighted by molar-refractivity contribution is 9.10. The highest BCUT2D eigenvalue weighted by atomic mass is 79.9. The number of rotatable bonds is 18. The maximum atomic E-state index is 13.6. The Morgan fingerprint density at radius 1 is 0.431 bits per heavy atom. The van der Waals surface area contributed by atoms with E-state index in [1.54, 1.807) is 22.2 Å². The zero-order chi connectivity index (χ0) is 78.3. The minimum atomic E-state index is -0.698. The minimum absolute atomic E-state index is 0.0549. The van der Waals surface area contributed by atoms with Crippen LogP contribution in [0.15, 0.2) is 102 Å². The van der Waals surface area contributed by atoms with Crippen molar-refractivity contribution in [3.8, 4) is 46.4 Å². The molecule has 8 N–H and O–H groups in total. The van der Waals surface area contributed by atoms with Crippen LogP contribution in [0.2, 0.25) is 0 Å². The zero-order valence-electron chi connectivity index (χ0n) is 63.6. The summed E-state index contributed by atoms with van der Waals surface area (Å²) in [7, 11) is 5.14. The number of aromatic nitrogens is 8. The number of amides is 8. The maximum absolute atomic E-state index is 13.6. The number of nitrogens with one attached hydrogen (secondary N) is 8. The van der Waals surface area contributed by atoms with Gasteiger partial charge >= 0.3 is 24.4 Å². The number of nitrogens with zero attached hydrogens (tertiary/aromatic N) is 8. The van der Waals surface area contributed by atoms with E-state index in [1.165, 1.54) is 28.4 Å². The number of benzene rings is 4. The molecule has 4 aliphatic rings. The van der Waals surface area contributed by atoms with Crippen LogP contribution in [0.3, 0.4) is 0 Å². The lowest BCUT2D eigenvalue weighted by molar-refractivity contribution is -0.136. The molecule has 0 radical (unpaired) electrons. The number of likely N-dealkylation sites (tertiary alicyclic amines) is 4. The summed E-state index contributed by atoms with van der Waals surface area (Å²) >= 11 is 3.47. The van der Waals surface area contributed by atoms with Crippen molar-refractivity contribution in [2.45, 2.75) is 155 Å². The second-order valence-electron chi connectivity index (χ2n) is 28.7. The average molecular weight is 1550 g/mol. The zero-order valence-corrected chi connectivity index (χ0v) is 65.2. The van der Waals surface area contributed by atoms with Gasteiger partial charge in [0.05, 0.1) is 87.1 Å². The first-order valence-electron chi connectivity index (χ1n) is 36.9. The van der Waals surface area contributed by atoms with Crippen LogP contribution in [0.5, 0.6) is 0 Å². The molecule has 109 heavy (non-hydrogen) atoms. The lowest BCUT2D eigenvalue weighted by Crippen LogP contribution is -2.51. The third kappa shape index (κ3) is 19.4. The molecule has 4 fully saturated rings. The Balaban J connectivity index is 0.000000194. The van der Waals surface area contributed by atoms with Crippen LogP contribution in [0, 0.1) is 47.9 Å². The van der Waals surface area contributed by atoms with Crippen molar-refractivity contribution in [3.63, 3.8) is 0 Å². The molecule has 0 saturated carbocycles. The van der Waals surface area contributed by atoms with E-state index in [9.17, 15) is 38.4 Å². The van der Waals surface area contributed by atoms with Gasteiger partial charge in [-0.15, -0.1) is 6.42 Å². The lowest BCUT2D eigenvalue weighted by Gasteiger charge is -2.29. The van der Waals surface area contributed by atoms with Gasteiger partial charge in [-0.05, 0) is 152 Å². The van der Waals surface area contributed by atoms with E-state index in [0.29, 0.717) is 49.2 Å². The number of halogens is 1. The smallest absolute Gasteiger partial charge is 0.407 e. The van der Waals surface area contributed by atoms with Gasteiger partial charge in [-0.25, -0.2) is 39.1 Å². The number of methoxy groups -OCH3 is 4. The predicted octanol–water partition coefficient (Wildman–Crippen LogP) is 11.9. The number of hydrogen-bond acceptors (Lipinski definition) is 16. The summed E-state index contributed by atoms with van der Waals surface area (Å²) in [6.07, 6.45) is 12.8. The average Bonchev–Trinajstić information content (AvgIpc) is 1.73. The van der Waals surface area contributed by atoms with E-state index < -0.39 is 48.5 Å². The summed E-state index contributed by atoms with van der Waals surface area (Å²) in [5.41, 5.74) is 9.80. The summed E-state index contributed by atoms with van der Waals surface area (Å²) in [6, 6.07) is 25.0. The van der Waals surface area contributed by atoms with Crippen molar-refractivity contribution in [1.29, 1.82) is 0 Å². The van der Waals surface area contributed by atoms with Crippen molar-refractivity contribution in [2.75, 3.05) is 54.6 Å². The van der Waals surface area contributed by atoms with Gasteiger partial charge in [0.2, 0.25) is 23.6 Å². The van der Waals surface area contributed by atoms with Gasteiger partial charge in [-0.3, -0.25) is 19.2 Å². The van der Waals surface area contributed by atoms with Crippen LogP contribution in [-0.2, 0) is 38.1 Å². The first kappa shape index (κ1) is 80.3. The summed E-state index contributed by atoms with van der Waals surface area (Å²) in [5.74, 6) is 10.8. The molecule has 576 valence electrons. The van der Waals surface area contributed by atoms with Crippen LogP contribution >= 0.6 is 15.9 Å². The molecule has 0 unspecified atom stereocenters. The Morgan fingerprint density at radius 2 is 0.743 bits per heavy atom. The highest BCUT2D eigenvalue weighted by Crippen LogP contribution is 2.38. The van der Waals surface area contributed by atoms with Gasteiger partial charge in [0.15, 0.2) is 0 Å². The largest absolute Gasteiger partial charge is 0.453 e. The Hall–Kier alpha value is -11.2. The molecule has 0 aliphatic carbocycles. The van der Waals surface area contributed by atoms with Crippen LogP contribution in [0.1, 0.15) is 171 Å². The standard InChI is InChI=1S/C40H48N8O6.C24H27BrN4O3.C16H22N4O3/c1-23(2)33(45-39(51)53-5)37(49)47-19-7-9-31(47)35-41-22-28(42-35)17-13-25-11-14-26(15-12-25)27-16-18-29-30(21-27)44-36(43-29)32-10-8-20-48(32)38(50)34(24(3)4)46-40(52)54-6;1-14(2)21(28-24(31)32-3)23(30)29-12-4-5-20(29)22-26-18-11-8-16(13-19(18)27-22)15-6-9-17(25)10-7-15;1-5-11-9-17-14(18-11)12-7-6-8-20(12)15(21)13(10(2)3)19-16(22)23-4/h11-12,14-16,18,21-24,31-34H,7-10,19-20H2,1-6H3,(H,41,42)(H,43,44)(H,45,51)(H,46,52);6-11,13-14,20-21H,4-5,12H2,1-3H3,(H,26,27)(H,28,31);1,9-10,12-13H,6-8H2,2-4H3,(H,17,18)(H,19,22)/t31-,32-,33-,34-;20-,21-;12-,13-/m000/s1. The van der Waals surface area contributed by atoms with Crippen molar-refractivity contribution < 1.29 is 57.3 Å². The fourth-order valence-electron chi connectivity index (χ4n) is 14.2. The molecule has 4 aliphatic heterocycles. The minimum Gasteiger partial charge on any atom is -0.453 e. The molecule has 29 heteroatoms.